The van der Waals surface area contributed by atoms with Crippen LogP contribution in [0.4, 0.5) is 4.79 Å². The predicted octanol–water partition coefficient (Wildman–Crippen LogP) is 4.35. The van der Waals surface area contributed by atoms with Crippen molar-refractivity contribution >= 4 is 18.0 Å². The standard InChI is InChI=1S/C25H29NO6/c1-15(13-21(27)32-25(2,3)4)22(23(28)29)26-24(30)31-14-20-18-11-7-5-9-16(18)17-10-6-8-12-19(17)20/h5-12,15,20,22H,13-14H2,1-4H3,(H,26,30)(H,28,29)/t15-,22?/m1/s1. The Morgan fingerprint density at radius 1 is 1.00 bits per heavy atom. The van der Waals surface area contributed by atoms with E-state index in [1.54, 1.807) is 27.7 Å². The minimum absolute atomic E-state index is 0.0760. The topological polar surface area (TPSA) is 102 Å². The van der Waals surface area contributed by atoms with Gasteiger partial charge in [-0.3, -0.25) is 4.79 Å². The van der Waals surface area contributed by atoms with Crippen molar-refractivity contribution in [1.82, 2.24) is 5.32 Å². The number of carbonyl (C=O) groups excluding carboxylic acids is 2. The third-order valence-electron chi connectivity index (χ3n) is 5.36. The van der Waals surface area contributed by atoms with Crippen LogP contribution in [-0.2, 0) is 19.1 Å². The molecule has 7 nitrogen and oxygen atoms in total. The maximum atomic E-state index is 12.4. The van der Waals surface area contributed by atoms with Gasteiger partial charge in [-0.05, 0) is 48.9 Å². The van der Waals surface area contributed by atoms with Crippen molar-refractivity contribution in [2.24, 2.45) is 5.92 Å². The quantitative estimate of drug-likeness (QED) is 0.622. The van der Waals surface area contributed by atoms with Crippen LogP contribution in [0.5, 0.6) is 0 Å². The monoisotopic (exact) mass is 439 g/mol. The summed E-state index contributed by atoms with van der Waals surface area (Å²) in [6.07, 6.45) is -0.979. The summed E-state index contributed by atoms with van der Waals surface area (Å²) in [5.41, 5.74) is 3.66. The molecule has 1 aliphatic carbocycles. The molecule has 1 amide bonds. The zero-order valence-corrected chi connectivity index (χ0v) is 18.8. The number of benzene rings is 2. The summed E-state index contributed by atoms with van der Waals surface area (Å²) < 4.78 is 10.7. The van der Waals surface area contributed by atoms with E-state index in [9.17, 15) is 19.5 Å². The summed E-state index contributed by atoms with van der Waals surface area (Å²) in [6, 6.07) is 14.6. The van der Waals surface area contributed by atoms with Crippen molar-refractivity contribution in [3.05, 3.63) is 59.7 Å². The molecule has 170 valence electrons. The minimum Gasteiger partial charge on any atom is -0.480 e. The number of carboxylic acid groups (broad SMARTS) is 1. The molecule has 1 unspecified atom stereocenters. The lowest BCUT2D eigenvalue weighted by Gasteiger charge is -2.24. The Morgan fingerprint density at radius 3 is 2.03 bits per heavy atom. The highest BCUT2D eigenvalue weighted by Gasteiger charge is 2.32. The van der Waals surface area contributed by atoms with Crippen molar-refractivity contribution in [3.8, 4) is 11.1 Å². The van der Waals surface area contributed by atoms with E-state index in [-0.39, 0.29) is 18.9 Å². The molecule has 0 spiro atoms. The van der Waals surface area contributed by atoms with Gasteiger partial charge in [-0.15, -0.1) is 0 Å². The predicted molar refractivity (Wildman–Crippen MR) is 119 cm³/mol. The Balaban J connectivity index is 1.63. The highest BCUT2D eigenvalue weighted by Crippen LogP contribution is 2.44. The average Bonchev–Trinajstić information content (AvgIpc) is 3.02. The zero-order valence-electron chi connectivity index (χ0n) is 18.8. The second-order valence-electron chi connectivity index (χ2n) is 9.05. The van der Waals surface area contributed by atoms with Gasteiger partial charge >= 0.3 is 18.0 Å². The molecule has 1 aliphatic rings. The average molecular weight is 440 g/mol. The van der Waals surface area contributed by atoms with Crippen molar-refractivity contribution in [2.75, 3.05) is 6.61 Å². The maximum Gasteiger partial charge on any atom is 0.407 e. The molecule has 0 saturated heterocycles. The van der Waals surface area contributed by atoms with Gasteiger partial charge in [-0.2, -0.15) is 0 Å². The molecule has 2 aromatic carbocycles. The molecule has 0 bridgehead atoms. The van der Waals surface area contributed by atoms with Gasteiger partial charge < -0.3 is 19.9 Å². The number of hydrogen-bond acceptors (Lipinski definition) is 5. The first-order valence-corrected chi connectivity index (χ1v) is 10.6. The third-order valence-corrected chi connectivity index (χ3v) is 5.36. The van der Waals surface area contributed by atoms with Crippen LogP contribution < -0.4 is 5.32 Å². The van der Waals surface area contributed by atoms with Crippen LogP contribution in [0.15, 0.2) is 48.5 Å². The number of esters is 1. The van der Waals surface area contributed by atoms with Gasteiger partial charge in [-0.25, -0.2) is 9.59 Å². The Labute approximate surface area is 187 Å². The van der Waals surface area contributed by atoms with E-state index in [1.165, 1.54) is 0 Å². The Kier molecular flexibility index (Phi) is 6.87. The molecule has 0 heterocycles. The fraction of sp³-hybridized carbons (Fsp3) is 0.400. The number of fused-ring (bicyclic) bond motifs is 3. The molecule has 0 saturated carbocycles. The Bertz CT molecular complexity index is 964. The molecule has 0 aromatic heterocycles. The van der Waals surface area contributed by atoms with E-state index in [0.29, 0.717) is 0 Å². The molecule has 0 aliphatic heterocycles. The van der Waals surface area contributed by atoms with Crippen LogP contribution in [-0.4, -0.2) is 41.4 Å². The van der Waals surface area contributed by atoms with Crippen LogP contribution in [0.3, 0.4) is 0 Å². The van der Waals surface area contributed by atoms with E-state index in [0.717, 1.165) is 22.3 Å². The Morgan fingerprint density at radius 2 is 1.53 bits per heavy atom. The fourth-order valence-electron chi connectivity index (χ4n) is 3.98. The first-order chi connectivity index (χ1) is 15.1. The SMILES string of the molecule is C[C@H](CC(=O)OC(C)(C)C)C(NC(=O)OCC1c2ccccc2-c2ccccc21)C(=O)O. The molecule has 0 fully saturated rings. The molecule has 7 heteroatoms. The summed E-state index contributed by atoms with van der Waals surface area (Å²) in [7, 11) is 0. The van der Waals surface area contributed by atoms with E-state index >= 15 is 0 Å². The van der Waals surface area contributed by atoms with Crippen molar-refractivity contribution < 1.29 is 29.0 Å². The van der Waals surface area contributed by atoms with E-state index in [1.807, 2.05) is 48.5 Å². The molecule has 3 rings (SSSR count). The molecule has 2 aromatic rings. The van der Waals surface area contributed by atoms with Gasteiger partial charge in [0.2, 0.25) is 0 Å². The van der Waals surface area contributed by atoms with Gasteiger partial charge in [0.05, 0.1) is 6.42 Å². The number of ether oxygens (including phenoxy) is 2. The molecule has 0 radical (unpaired) electrons. The van der Waals surface area contributed by atoms with Gasteiger partial charge in [0.15, 0.2) is 0 Å². The largest absolute Gasteiger partial charge is 0.480 e. The summed E-state index contributed by atoms with van der Waals surface area (Å²) >= 11 is 0. The number of aliphatic carboxylic acids is 1. The van der Waals surface area contributed by atoms with Gasteiger partial charge in [-0.1, -0.05) is 55.5 Å². The van der Waals surface area contributed by atoms with E-state index in [2.05, 4.69) is 5.32 Å². The lowest BCUT2D eigenvalue weighted by atomic mass is 9.98. The van der Waals surface area contributed by atoms with Gasteiger partial charge in [0, 0.05) is 5.92 Å². The number of carbonyl (C=O) groups is 3. The summed E-state index contributed by atoms with van der Waals surface area (Å²) in [5, 5.41) is 11.9. The number of amides is 1. The van der Waals surface area contributed by atoms with Crippen LogP contribution in [0.2, 0.25) is 0 Å². The number of nitrogens with one attached hydrogen (secondary N) is 1. The smallest absolute Gasteiger partial charge is 0.407 e. The summed E-state index contributed by atoms with van der Waals surface area (Å²) in [4.78, 5) is 36.2. The summed E-state index contributed by atoms with van der Waals surface area (Å²) in [5.74, 6) is -2.57. The molecule has 2 N–H and O–H groups in total. The second kappa shape index (κ2) is 9.42. The van der Waals surface area contributed by atoms with Gasteiger partial charge in [0.1, 0.15) is 18.2 Å². The number of rotatable bonds is 7. The van der Waals surface area contributed by atoms with Gasteiger partial charge in [0.25, 0.3) is 0 Å². The molecular formula is C25H29NO6. The van der Waals surface area contributed by atoms with Crippen LogP contribution in [0.25, 0.3) is 11.1 Å². The van der Waals surface area contributed by atoms with E-state index < -0.39 is 35.6 Å². The first kappa shape index (κ1) is 23.3. The maximum absolute atomic E-state index is 12.4. The second-order valence-corrected chi connectivity index (χ2v) is 9.05. The van der Waals surface area contributed by atoms with Crippen LogP contribution in [0, 0.1) is 5.92 Å². The highest BCUT2D eigenvalue weighted by molar-refractivity contribution is 5.82. The fourth-order valence-corrected chi connectivity index (χ4v) is 3.98. The normalized spacial score (nSPS) is 14.6. The van der Waals surface area contributed by atoms with E-state index in [4.69, 9.17) is 9.47 Å². The lowest BCUT2D eigenvalue weighted by molar-refractivity contribution is -0.156. The third kappa shape index (κ3) is 5.46. The lowest BCUT2D eigenvalue weighted by Crippen LogP contribution is -2.46. The number of alkyl carbamates (subject to hydrolysis) is 1. The number of hydrogen-bond donors (Lipinski definition) is 2. The number of carboxylic acids is 1. The molecular weight excluding hydrogens is 410 g/mol. The van der Waals surface area contributed by atoms with Crippen LogP contribution >= 0.6 is 0 Å². The Hall–Kier alpha value is -3.35. The van der Waals surface area contributed by atoms with Crippen molar-refractivity contribution in [1.29, 1.82) is 0 Å². The van der Waals surface area contributed by atoms with Crippen LogP contribution in [0.1, 0.15) is 51.2 Å². The highest BCUT2D eigenvalue weighted by atomic mass is 16.6. The minimum atomic E-state index is -1.28. The zero-order chi connectivity index (χ0) is 23.5. The molecule has 32 heavy (non-hydrogen) atoms. The molecule has 2 atom stereocenters. The van der Waals surface area contributed by atoms with Crippen molar-refractivity contribution in [2.45, 2.75) is 51.7 Å². The van der Waals surface area contributed by atoms with Crippen molar-refractivity contribution in [3.63, 3.8) is 0 Å². The first-order valence-electron chi connectivity index (χ1n) is 10.6. The summed E-state index contributed by atoms with van der Waals surface area (Å²) in [6.45, 7) is 6.86.